The summed E-state index contributed by atoms with van der Waals surface area (Å²) in [5.74, 6) is 0.276. The quantitative estimate of drug-likeness (QED) is 0.318. The molecule has 0 saturated carbocycles. The molecule has 6 nitrogen and oxygen atoms in total. The number of aromatic nitrogens is 2. The van der Waals surface area contributed by atoms with E-state index in [1.165, 1.54) is 11.1 Å². The molecule has 152 valence electrons. The summed E-state index contributed by atoms with van der Waals surface area (Å²) in [6, 6.07) is 23.9. The van der Waals surface area contributed by atoms with E-state index in [4.69, 9.17) is 10.2 Å². The normalized spacial score (nSPS) is 10.9. The first-order valence-corrected chi connectivity index (χ1v) is 9.98. The highest BCUT2D eigenvalue weighted by Gasteiger charge is 2.11. The minimum Gasteiger partial charge on any atom is -0.352 e. The molecule has 0 fully saturated rings. The number of para-hydroxylation sites is 2. The number of hydrogen-bond donors (Lipinski definition) is 3. The number of carbonyl (C=O) groups excluding carboxylic acids is 1. The van der Waals surface area contributed by atoms with Crippen LogP contribution in [0.2, 0.25) is 0 Å². The van der Waals surface area contributed by atoms with Crippen molar-refractivity contribution in [3.63, 3.8) is 0 Å². The highest BCUT2D eigenvalue weighted by atomic mass is 16.5. The van der Waals surface area contributed by atoms with Gasteiger partial charge in [-0.15, -0.1) is 0 Å². The molecule has 0 bridgehead atoms. The van der Waals surface area contributed by atoms with Crippen molar-refractivity contribution < 1.29 is 10.0 Å². The maximum absolute atomic E-state index is 11.5. The van der Waals surface area contributed by atoms with E-state index in [-0.39, 0.29) is 0 Å². The molecule has 0 saturated heterocycles. The lowest BCUT2D eigenvalue weighted by Gasteiger charge is -2.12. The lowest BCUT2D eigenvalue weighted by atomic mass is 10.1. The van der Waals surface area contributed by atoms with Crippen LogP contribution < -0.4 is 10.8 Å². The van der Waals surface area contributed by atoms with E-state index in [1.54, 1.807) is 17.6 Å². The monoisotopic (exact) mass is 400 g/mol. The van der Waals surface area contributed by atoms with Crippen LogP contribution in [0.5, 0.6) is 0 Å². The molecule has 4 rings (SSSR count). The van der Waals surface area contributed by atoms with Crippen molar-refractivity contribution in [2.75, 3.05) is 5.32 Å². The molecule has 0 unspecified atom stereocenters. The second kappa shape index (κ2) is 8.80. The van der Waals surface area contributed by atoms with E-state index in [2.05, 4.69) is 47.1 Å². The van der Waals surface area contributed by atoms with Gasteiger partial charge in [-0.2, -0.15) is 0 Å². The molecule has 0 atom stereocenters. The topological polar surface area (TPSA) is 79.2 Å². The second-order valence-corrected chi connectivity index (χ2v) is 7.17. The number of benzene rings is 3. The summed E-state index contributed by atoms with van der Waals surface area (Å²) in [6.07, 6.45) is 1.03. The van der Waals surface area contributed by atoms with Gasteiger partial charge in [-0.1, -0.05) is 55.5 Å². The summed E-state index contributed by atoms with van der Waals surface area (Å²) in [6.45, 7) is 3.45. The number of rotatable bonds is 7. The number of anilines is 1. The molecular weight excluding hydrogens is 376 g/mol. The van der Waals surface area contributed by atoms with Gasteiger partial charge in [0.2, 0.25) is 5.95 Å². The number of hydroxylamine groups is 1. The third-order valence-corrected chi connectivity index (χ3v) is 5.19. The maximum Gasteiger partial charge on any atom is 0.274 e. The first-order valence-electron chi connectivity index (χ1n) is 9.98. The highest BCUT2D eigenvalue weighted by molar-refractivity contribution is 5.93. The third-order valence-electron chi connectivity index (χ3n) is 5.19. The zero-order valence-corrected chi connectivity index (χ0v) is 16.8. The summed E-state index contributed by atoms with van der Waals surface area (Å²) in [5, 5.41) is 12.2. The highest BCUT2D eigenvalue weighted by Crippen LogP contribution is 2.22. The van der Waals surface area contributed by atoms with E-state index < -0.39 is 5.91 Å². The van der Waals surface area contributed by atoms with Gasteiger partial charge in [-0.25, -0.2) is 10.5 Å². The van der Waals surface area contributed by atoms with Gasteiger partial charge >= 0.3 is 0 Å². The Labute approximate surface area is 175 Å². The Morgan fingerprint density at radius 2 is 1.60 bits per heavy atom. The minimum absolute atomic E-state index is 0.406. The van der Waals surface area contributed by atoms with Crippen LogP contribution in [0.3, 0.4) is 0 Å². The van der Waals surface area contributed by atoms with Gasteiger partial charge in [0.1, 0.15) is 0 Å². The van der Waals surface area contributed by atoms with Crippen LogP contribution in [0.25, 0.3) is 11.0 Å². The second-order valence-electron chi connectivity index (χ2n) is 7.17. The minimum atomic E-state index is -0.523. The molecule has 4 aromatic rings. The first-order chi connectivity index (χ1) is 14.7. The number of hydrogen-bond acceptors (Lipinski definition) is 4. The van der Waals surface area contributed by atoms with Crippen molar-refractivity contribution in [2.45, 2.75) is 26.4 Å². The fourth-order valence-corrected chi connectivity index (χ4v) is 3.45. The molecule has 0 radical (unpaired) electrons. The van der Waals surface area contributed by atoms with E-state index in [0.29, 0.717) is 12.1 Å². The van der Waals surface area contributed by atoms with Gasteiger partial charge in [0.25, 0.3) is 5.91 Å². The Balaban J connectivity index is 1.57. The number of carbonyl (C=O) groups is 1. The average molecular weight is 400 g/mol. The molecule has 0 aliphatic heterocycles. The number of fused-ring (bicyclic) bond motifs is 1. The average Bonchev–Trinajstić information content (AvgIpc) is 3.15. The molecule has 3 aromatic carbocycles. The number of nitrogens with one attached hydrogen (secondary N) is 2. The maximum atomic E-state index is 11.5. The fourth-order valence-electron chi connectivity index (χ4n) is 3.45. The molecule has 30 heavy (non-hydrogen) atoms. The lowest BCUT2D eigenvalue weighted by Crippen LogP contribution is -2.18. The summed E-state index contributed by atoms with van der Waals surface area (Å²) in [7, 11) is 0. The Morgan fingerprint density at radius 1 is 0.933 bits per heavy atom. The number of imidazole rings is 1. The molecule has 0 spiro atoms. The van der Waals surface area contributed by atoms with E-state index in [9.17, 15) is 4.79 Å². The first kappa shape index (κ1) is 19.7. The summed E-state index contributed by atoms with van der Waals surface area (Å²) >= 11 is 0. The SMILES string of the molecule is CCc1ccc(Cn2c(NCc3ccc(C(=O)NO)cc3)nc3ccccc32)cc1. The molecule has 1 aromatic heterocycles. The van der Waals surface area contributed by atoms with Gasteiger partial charge in [0.05, 0.1) is 17.6 Å². The van der Waals surface area contributed by atoms with Gasteiger partial charge in [-0.3, -0.25) is 10.0 Å². The molecule has 6 heteroatoms. The Morgan fingerprint density at radius 3 is 2.30 bits per heavy atom. The summed E-state index contributed by atoms with van der Waals surface area (Å²) in [4.78, 5) is 16.2. The predicted molar refractivity (Wildman–Crippen MR) is 118 cm³/mol. The molecule has 0 aliphatic carbocycles. The van der Waals surface area contributed by atoms with Crippen molar-refractivity contribution >= 4 is 22.9 Å². The predicted octanol–water partition coefficient (Wildman–Crippen LogP) is 4.38. The Bertz CT molecular complexity index is 1150. The largest absolute Gasteiger partial charge is 0.352 e. The van der Waals surface area contributed by atoms with E-state index in [0.717, 1.165) is 35.5 Å². The molecule has 0 aliphatic rings. The van der Waals surface area contributed by atoms with E-state index in [1.807, 2.05) is 30.3 Å². The third kappa shape index (κ3) is 4.18. The number of amides is 1. The number of aryl methyl sites for hydroxylation is 1. The Hall–Kier alpha value is -3.64. The summed E-state index contributed by atoms with van der Waals surface area (Å²) < 4.78 is 2.18. The van der Waals surface area contributed by atoms with Gasteiger partial charge in [0, 0.05) is 12.1 Å². The van der Waals surface area contributed by atoms with Crippen LogP contribution >= 0.6 is 0 Å². The fraction of sp³-hybridized carbons (Fsp3) is 0.167. The molecule has 1 amide bonds. The Kier molecular flexibility index (Phi) is 5.77. The van der Waals surface area contributed by atoms with Crippen LogP contribution in [0.4, 0.5) is 5.95 Å². The lowest BCUT2D eigenvalue weighted by molar-refractivity contribution is 0.0706. The van der Waals surface area contributed by atoms with Crippen molar-refractivity contribution in [1.29, 1.82) is 0 Å². The molecular formula is C24H24N4O2. The van der Waals surface area contributed by atoms with Gasteiger partial charge in [-0.05, 0) is 47.4 Å². The molecule has 3 N–H and O–H groups in total. The van der Waals surface area contributed by atoms with Gasteiger partial charge in [0.15, 0.2) is 0 Å². The van der Waals surface area contributed by atoms with Crippen molar-refractivity contribution in [3.05, 3.63) is 95.1 Å². The van der Waals surface area contributed by atoms with Crippen molar-refractivity contribution in [1.82, 2.24) is 15.0 Å². The van der Waals surface area contributed by atoms with Crippen LogP contribution in [0, 0.1) is 0 Å². The van der Waals surface area contributed by atoms with Crippen molar-refractivity contribution in [2.24, 2.45) is 0 Å². The summed E-state index contributed by atoms with van der Waals surface area (Å²) in [5.41, 5.74) is 7.63. The van der Waals surface area contributed by atoms with Crippen LogP contribution in [0.15, 0.2) is 72.8 Å². The van der Waals surface area contributed by atoms with Crippen LogP contribution in [-0.4, -0.2) is 20.7 Å². The standard InChI is InChI=1S/C24H24N4O2/c1-2-17-7-9-19(10-8-17)16-28-22-6-4-3-5-21(22)26-24(28)25-15-18-11-13-20(14-12-18)23(29)27-30/h3-14,30H,2,15-16H2,1H3,(H,25,26)(H,27,29). The van der Waals surface area contributed by atoms with Crippen LogP contribution in [-0.2, 0) is 19.5 Å². The van der Waals surface area contributed by atoms with Crippen molar-refractivity contribution in [3.8, 4) is 0 Å². The molecule has 1 heterocycles. The number of nitrogens with zero attached hydrogens (tertiary/aromatic N) is 2. The van der Waals surface area contributed by atoms with Crippen LogP contribution in [0.1, 0.15) is 34.0 Å². The zero-order chi connectivity index (χ0) is 20.9. The van der Waals surface area contributed by atoms with Gasteiger partial charge < -0.3 is 9.88 Å². The van der Waals surface area contributed by atoms with E-state index >= 15 is 0 Å². The smallest absolute Gasteiger partial charge is 0.274 e. The zero-order valence-electron chi connectivity index (χ0n) is 16.8.